The number of thioether (sulfide) groups is 1. The summed E-state index contributed by atoms with van der Waals surface area (Å²) in [5.41, 5.74) is 2.25. The second kappa shape index (κ2) is 10.7. The molecule has 0 aliphatic heterocycles. The second-order valence-corrected chi connectivity index (χ2v) is 10.1. The van der Waals surface area contributed by atoms with Crippen LogP contribution < -0.4 is 9.47 Å². The van der Waals surface area contributed by atoms with Crippen LogP contribution in [0.1, 0.15) is 19.4 Å². The number of para-hydroxylation sites is 1. The van der Waals surface area contributed by atoms with Crippen molar-refractivity contribution < 1.29 is 19.0 Å². The summed E-state index contributed by atoms with van der Waals surface area (Å²) < 4.78 is 18.6. The first kappa shape index (κ1) is 23.8. The normalized spacial score (nSPS) is 11.4. The largest absolute Gasteiger partial charge is 0.492 e. The second-order valence-electron chi connectivity index (χ2n) is 8.39. The van der Waals surface area contributed by atoms with E-state index in [-0.39, 0.29) is 5.97 Å². The van der Waals surface area contributed by atoms with E-state index >= 15 is 0 Å². The van der Waals surface area contributed by atoms with Crippen LogP contribution in [0.2, 0.25) is 0 Å². The number of rotatable bonds is 10. The molecule has 34 heavy (non-hydrogen) atoms. The molecule has 0 radical (unpaired) electrons. The third-order valence-corrected chi connectivity index (χ3v) is 6.64. The molecule has 4 rings (SSSR count). The quantitative estimate of drug-likeness (QED) is 0.198. The van der Waals surface area contributed by atoms with Crippen molar-refractivity contribution in [1.29, 1.82) is 0 Å². The highest BCUT2D eigenvalue weighted by atomic mass is 32.2. The SMILES string of the molecule is COC(=O)C(C)(C)Sc1ccc(OCCn2c(OCc3ccccc3)cc3ccccc32)cc1. The van der Waals surface area contributed by atoms with Crippen LogP contribution in [0, 0.1) is 0 Å². The average Bonchev–Trinajstić information content (AvgIpc) is 3.21. The zero-order chi connectivity index (χ0) is 24.0. The van der Waals surface area contributed by atoms with Gasteiger partial charge in [0.15, 0.2) is 5.88 Å². The number of hydrogen-bond acceptors (Lipinski definition) is 5. The van der Waals surface area contributed by atoms with E-state index in [2.05, 4.69) is 34.9 Å². The Morgan fingerprint density at radius 3 is 2.35 bits per heavy atom. The summed E-state index contributed by atoms with van der Waals surface area (Å²) in [6, 6.07) is 28.3. The fraction of sp³-hybridized carbons (Fsp3) is 0.250. The van der Waals surface area contributed by atoms with E-state index in [0.717, 1.165) is 33.0 Å². The summed E-state index contributed by atoms with van der Waals surface area (Å²) in [5, 5.41) is 1.14. The maximum atomic E-state index is 11.9. The summed E-state index contributed by atoms with van der Waals surface area (Å²) >= 11 is 1.47. The fourth-order valence-corrected chi connectivity index (χ4v) is 4.74. The molecular formula is C28H29NO4S. The van der Waals surface area contributed by atoms with Crippen LogP contribution in [0.4, 0.5) is 0 Å². The van der Waals surface area contributed by atoms with Crippen LogP contribution >= 0.6 is 11.8 Å². The van der Waals surface area contributed by atoms with E-state index in [1.807, 2.05) is 68.4 Å². The molecule has 0 fully saturated rings. The molecule has 0 amide bonds. The number of benzene rings is 3. The molecule has 0 atom stereocenters. The fourth-order valence-electron chi connectivity index (χ4n) is 3.71. The number of nitrogens with zero attached hydrogens (tertiary/aromatic N) is 1. The Balaban J connectivity index is 1.40. The Morgan fingerprint density at radius 1 is 0.912 bits per heavy atom. The van der Waals surface area contributed by atoms with Crippen molar-refractivity contribution in [2.45, 2.75) is 36.6 Å². The van der Waals surface area contributed by atoms with Gasteiger partial charge in [-0.1, -0.05) is 48.5 Å². The molecule has 1 heterocycles. The minimum Gasteiger partial charge on any atom is -0.492 e. The number of hydrogen-bond donors (Lipinski definition) is 0. The molecule has 3 aromatic carbocycles. The third-order valence-electron chi connectivity index (χ3n) is 5.46. The molecule has 0 bridgehead atoms. The third kappa shape index (κ3) is 5.75. The number of carbonyl (C=O) groups is 1. The standard InChI is InChI=1S/C28H29NO4S/c1-28(2,27(30)31-3)34-24-15-13-23(14-16-24)32-18-17-29-25-12-8-7-11-22(25)19-26(29)33-20-21-9-5-4-6-10-21/h4-16,19H,17-18,20H2,1-3H3. The first-order chi connectivity index (χ1) is 16.5. The van der Waals surface area contributed by atoms with Gasteiger partial charge in [-0.25, -0.2) is 0 Å². The van der Waals surface area contributed by atoms with Crippen LogP contribution in [0.3, 0.4) is 0 Å². The smallest absolute Gasteiger partial charge is 0.321 e. The number of esters is 1. The van der Waals surface area contributed by atoms with Gasteiger partial charge in [-0.05, 0) is 49.7 Å². The molecular weight excluding hydrogens is 446 g/mol. The monoisotopic (exact) mass is 475 g/mol. The summed E-state index contributed by atoms with van der Waals surface area (Å²) in [4.78, 5) is 12.9. The lowest BCUT2D eigenvalue weighted by Crippen LogP contribution is -2.28. The van der Waals surface area contributed by atoms with Gasteiger partial charge in [0.25, 0.3) is 0 Å². The van der Waals surface area contributed by atoms with E-state index in [0.29, 0.717) is 19.8 Å². The first-order valence-corrected chi connectivity index (χ1v) is 12.0. The van der Waals surface area contributed by atoms with Gasteiger partial charge in [0, 0.05) is 16.3 Å². The van der Waals surface area contributed by atoms with Crippen LogP contribution in [0.15, 0.2) is 89.8 Å². The van der Waals surface area contributed by atoms with Gasteiger partial charge in [-0.3, -0.25) is 4.79 Å². The van der Waals surface area contributed by atoms with E-state index in [9.17, 15) is 4.79 Å². The van der Waals surface area contributed by atoms with Gasteiger partial charge >= 0.3 is 5.97 Å². The Kier molecular flexibility index (Phi) is 7.48. The van der Waals surface area contributed by atoms with Crippen LogP contribution in [0.5, 0.6) is 11.6 Å². The van der Waals surface area contributed by atoms with Crippen molar-refractivity contribution in [2.75, 3.05) is 13.7 Å². The van der Waals surface area contributed by atoms with Crippen molar-refractivity contribution in [1.82, 2.24) is 4.57 Å². The summed E-state index contributed by atoms with van der Waals surface area (Å²) in [5.74, 6) is 1.36. The van der Waals surface area contributed by atoms with Gasteiger partial charge < -0.3 is 18.8 Å². The highest BCUT2D eigenvalue weighted by Gasteiger charge is 2.29. The van der Waals surface area contributed by atoms with Crippen molar-refractivity contribution in [3.8, 4) is 11.6 Å². The molecule has 0 aliphatic carbocycles. The minimum absolute atomic E-state index is 0.248. The van der Waals surface area contributed by atoms with Gasteiger partial charge in [0.1, 0.15) is 23.7 Å². The predicted molar refractivity (Wildman–Crippen MR) is 137 cm³/mol. The van der Waals surface area contributed by atoms with E-state index in [4.69, 9.17) is 14.2 Å². The van der Waals surface area contributed by atoms with Gasteiger partial charge in [-0.2, -0.15) is 0 Å². The van der Waals surface area contributed by atoms with Gasteiger partial charge in [-0.15, -0.1) is 11.8 Å². The Hall–Kier alpha value is -3.38. The van der Waals surface area contributed by atoms with Crippen molar-refractivity contribution in [3.05, 3.63) is 90.5 Å². The summed E-state index contributed by atoms with van der Waals surface area (Å²) in [6.07, 6.45) is 0. The van der Waals surface area contributed by atoms with Crippen LogP contribution in [-0.4, -0.2) is 29.0 Å². The number of aromatic nitrogens is 1. The molecule has 0 N–H and O–H groups in total. The average molecular weight is 476 g/mol. The molecule has 0 saturated heterocycles. The number of fused-ring (bicyclic) bond motifs is 1. The topological polar surface area (TPSA) is 49.7 Å². The number of methoxy groups -OCH3 is 1. The predicted octanol–water partition coefficient (Wildman–Crippen LogP) is 6.34. The zero-order valence-corrected chi connectivity index (χ0v) is 20.5. The van der Waals surface area contributed by atoms with E-state index < -0.39 is 4.75 Å². The lowest BCUT2D eigenvalue weighted by molar-refractivity contribution is -0.142. The highest BCUT2D eigenvalue weighted by Crippen LogP contribution is 2.34. The maximum Gasteiger partial charge on any atom is 0.321 e. The lowest BCUT2D eigenvalue weighted by atomic mass is 10.2. The van der Waals surface area contributed by atoms with Crippen molar-refractivity contribution >= 4 is 28.6 Å². The van der Waals surface area contributed by atoms with E-state index in [1.54, 1.807) is 0 Å². The Labute approximate surface area is 204 Å². The molecule has 0 saturated carbocycles. The van der Waals surface area contributed by atoms with Crippen molar-refractivity contribution in [2.24, 2.45) is 0 Å². The molecule has 176 valence electrons. The number of ether oxygens (including phenoxy) is 3. The summed E-state index contributed by atoms with van der Waals surface area (Å²) in [6.45, 7) is 5.38. The van der Waals surface area contributed by atoms with Crippen molar-refractivity contribution in [3.63, 3.8) is 0 Å². The van der Waals surface area contributed by atoms with Crippen LogP contribution in [-0.2, 0) is 22.7 Å². The first-order valence-electron chi connectivity index (χ1n) is 11.2. The zero-order valence-electron chi connectivity index (χ0n) is 19.7. The molecule has 1 aromatic heterocycles. The van der Waals surface area contributed by atoms with Gasteiger partial charge in [0.05, 0.1) is 19.2 Å². The van der Waals surface area contributed by atoms with Gasteiger partial charge in [0.2, 0.25) is 0 Å². The lowest BCUT2D eigenvalue weighted by Gasteiger charge is -2.20. The molecule has 0 spiro atoms. The molecule has 6 heteroatoms. The maximum absolute atomic E-state index is 11.9. The van der Waals surface area contributed by atoms with Crippen LogP contribution in [0.25, 0.3) is 10.9 Å². The Bertz CT molecular complexity index is 1230. The van der Waals surface area contributed by atoms with E-state index in [1.165, 1.54) is 18.9 Å². The molecule has 0 unspecified atom stereocenters. The highest BCUT2D eigenvalue weighted by molar-refractivity contribution is 8.01. The molecule has 5 nitrogen and oxygen atoms in total. The molecule has 4 aromatic rings. The minimum atomic E-state index is -0.650. The summed E-state index contributed by atoms with van der Waals surface area (Å²) in [7, 11) is 1.41. The Morgan fingerprint density at radius 2 is 1.62 bits per heavy atom. The number of carbonyl (C=O) groups excluding carboxylic acids is 1. The molecule has 0 aliphatic rings.